The minimum absolute atomic E-state index is 0.0204. The first-order chi connectivity index (χ1) is 14.5. The lowest BCUT2D eigenvalue weighted by Gasteiger charge is -2.19. The third kappa shape index (κ3) is 4.79. The van der Waals surface area contributed by atoms with Crippen LogP contribution in [0.15, 0.2) is 79.0 Å². The van der Waals surface area contributed by atoms with Crippen molar-refractivity contribution in [2.45, 2.75) is 0 Å². The SMILES string of the molecule is COc1cccc(/C(N)=C/N(N)c2c(C#Cc3ccccc3)cccc2C(=O)O)c1. The predicted octanol–water partition coefficient (Wildman–Crippen LogP) is 3.43. The van der Waals surface area contributed by atoms with E-state index in [-0.39, 0.29) is 11.3 Å². The summed E-state index contributed by atoms with van der Waals surface area (Å²) in [6.07, 6.45) is 1.46. The molecule has 0 aromatic heterocycles. The molecule has 0 fully saturated rings. The number of ether oxygens (including phenoxy) is 1. The molecular weight excluding hydrogens is 378 g/mol. The van der Waals surface area contributed by atoms with Crippen LogP contribution in [0, 0.1) is 11.8 Å². The van der Waals surface area contributed by atoms with Crippen molar-refractivity contribution in [3.63, 3.8) is 0 Å². The number of hydrogen-bond donors (Lipinski definition) is 3. The highest BCUT2D eigenvalue weighted by Crippen LogP contribution is 2.25. The second kappa shape index (κ2) is 9.32. The topological polar surface area (TPSA) is 102 Å². The van der Waals surface area contributed by atoms with Crippen molar-refractivity contribution in [2.75, 3.05) is 12.1 Å². The van der Waals surface area contributed by atoms with E-state index >= 15 is 0 Å². The van der Waals surface area contributed by atoms with E-state index in [1.807, 2.05) is 30.3 Å². The maximum atomic E-state index is 11.8. The van der Waals surface area contributed by atoms with Crippen LogP contribution in [0.4, 0.5) is 5.69 Å². The van der Waals surface area contributed by atoms with Gasteiger partial charge in [-0.25, -0.2) is 10.6 Å². The quantitative estimate of drug-likeness (QED) is 0.345. The van der Waals surface area contributed by atoms with E-state index in [0.29, 0.717) is 22.6 Å². The number of para-hydroxylation sites is 1. The van der Waals surface area contributed by atoms with Gasteiger partial charge in [0.05, 0.1) is 29.6 Å². The summed E-state index contributed by atoms with van der Waals surface area (Å²) in [5, 5.41) is 10.8. The monoisotopic (exact) mass is 399 g/mol. The molecule has 0 atom stereocenters. The Kier molecular flexibility index (Phi) is 6.38. The van der Waals surface area contributed by atoms with Crippen LogP contribution in [0.3, 0.4) is 0 Å². The Bertz CT molecular complexity index is 1150. The van der Waals surface area contributed by atoms with E-state index in [4.69, 9.17) is 16.3 Å². The molecule has 0 spiro atoms. The Labute approximate surface area is 175 Å². The lowest BCUT2D eigenvalue weighted by molar-refractivity contribution is 0.0697. The number of nitrogens with zero attached hydrogens (tertiary/aromatic N) is 1. The minimum atomic E-state index is -1.11. The molecule has 5 N–H and O–H groups in total. The number of benzene rings is 3. The van der Waals surface area contributed by atoms with Gasteiger partial charge in [0.25, 0.3) is 0 Å². The number of rotatable bonds is 5. The summed E-state index contributed by atoms with van der Waals surface area (Å²) in [6, 6.07) is 21.4. The molecule has 30 heavy (non-hydrogen) atoms. The number of carboxylic acids is 1. The number of hydrogen-bond acceptors (Lipinski definition) is 5. The second-order valence-corrected chi connectivity index (χ2v) is 6.35. The third-order valence-electron chi connectivity index (χ3n) is 4.32. The van der Waals surface area contributed by atoms with Gasteiger partial charge in [0.1, 0.15) is 5.75 Å². The molecule has 0 amide bonds. The average Bonchev–Trinajstić information content (AvgIpc) is 2.77. The first kappa shape index (κ1) is 20.5. The van der Waals surface area contributed by atoms with Crippen molar-refractivity contribution >= 4 is 17.4 Å². The van der Waals surface area contributed by atoms with Crippen molar-refractivity contribution in [3.8, 4) is 17.6 Å². The third-order valence-corrected chi connectivity index (χ3v) is 4.32. The number of hydrazine groups is 1. The first-order valence-corrected chi connectivity index (χ1v) is 9.08. The number of nitrogens with two attached hydrogens (primary N) is 2. The van der Waals surface area contributed by atoms with Crippen LogP contribution < -0.4 is 21.3 Å². The van der Waals surface area contributed by atoms with Crippen LogP contribution in [0.5, 0.6) is 5.75 Å². The van der Waals surface area contributed by atoms with Gasteiger partial charge in [0.15, 0.2) is 0 Å². The summed E-state index contributed by atoms with van der Waals surface area (Å²) < 4.78 is 5.21. The molecular formula is C24H21N3O3. The smallest absolute Gasteiger partial charge is 0.337 e. The van der Waals surface area contributed by atoms with Crippen molar-refractivity contribution in [2.24, 2.45) is 11.6 Å². The molecule has 0 unspecified atom stereocenters. The average molecular weight is 399 g/mol. The molecule has 6 nitrogen and oxygen atoms in total. The van der Waals surface area contributed by atoms with Crippen molar-refractivity contribution in [3.05, 3.63) is 101 Å². The molecule has 0 bridgehead atoms. The Morgan fingerprint density at radius 2 is 1.77 bits per heavy atom. The number of methoxy groups -OCH3 is 1. The molecule has 0 saturated heterocycles. The molecule has 3 aromatic carbocycles. The number of aromatic carboxylic acids is 1. The Morgan fingerprint density at radius 1 is 1.03 bits per heavy atom. The van der Waals surface area contributed by atoms with E-state index in [9.17, 15) is 9.90 Å². The van der Waals surface area contributed by atoms with E-state index in [1.165, 1.54) is 17.3 Å². The van der Waals surface area contributed by atoms with Gasteiger partial charge in [-0.2, -0.15) is 0 Å². The van der Waals surface area contributed by atoms with Crippen molar-refractivity contribution < 1.29 is 14.6 Å². The standard InChI is InChI=1S/C24H21N3O3/c1-30-20-11-5-10-19(15-20)22(25)16-27(26)23-18(9-6-12-21(23)24(28)29)14-13-17-7-3-2-4-8-17/h2-12,15-16H,25-26H2,1H3,(H,28,29)/b22-16-. The number of carboxylic acid groups (broad SMARTS) is 1. The molecule has 0 aliphatic heterocycles. The fourth-order valence-electron chi connectivity index (χ4n) is 2.85. The minimum Gasteiger partial charge on any atom is -0.497 e. The van der Waals surface area contributed by atoms with Crippen LogP contribution >= 0.6 is 0 Å². The van der Waals surface area contributed by atoms with Gasteiger partial charge in [-0.1, -0.05) is 48.2 Å². The Hall–Kier alpha value is -4.21. The summed E-state index contributed by atoms with van der Waals surface area (Å²) in [4.78, 5) is 11.8. The fourth-order valence-corrected chi connectivity index (χ4v) is 2.85. The Morgan fingerprint density at radius 3 is 2.47 bits per heavy atom. The van der Waals surface area contributed by atoms with Gasteiger partial charge >= 0.3 is 5.97 Å². The van der Waals surface area contributed by atoms with Crippen molar-refractivity contribution in [1.82, 2.24) is 0 Å². The summed E-state index contributed by atoms with van der Waals surface area (Å²) in [7, 11) is 1.56. The van der Waals surface area contributed by atoms with E-state index in [2.05, 4.69) is 11.8 Å². The molecule has 0 aliphatic rings. The van der Waals surface area contributed by atoms with E-state index < -0.39 is 5.97 Å². The molecule has 3 rings (SSSR count). The van der Waals surface area contributed by atoms with Gasteiger partial charge in [-0.15, -0.1) is 0 Å². The summed E-state index contributed by atoms with van der Waals surface area (Å²) in [5.41, 5.74) is 8.78. The molecule has 0 radical (unpaired) electrons. The van der Waals surface area contributed by atoms with Crippen LogP contribution in [0.2, 0.25) is 0 Å². The molecule has 0 saturated carbocycles. The molecule has 0 aliphatic carbocycles. The maximum absolute atomic E-state index is 11.8. The molecule has 150 valence electrons. The van der Waals surface area contributed by atoms with Gasteiger partial charge in [-0.3, -0.25) is 5.01 Å². The summed E-state index contributed by atoms with van der Waals surface area (Å²) in [6.45, 7) is 0. The molecule has 6 heteroatoms. The largest absolute Gasteiger partial charge is 0.497 e. The van der Waals surface area contributed by atoms with Gasteiger partial charge < -0.3 is 15.6 Å². The van der Waals surface area contributed by atoms with Gasteiger partial charge in [0, 0.05) is 17.3 Å². The zero-order valence-electron chi connectivity index (χ0n) is 16.4. The van der Waals surface area contributed by atoms with Gasteiger partial charge in [-0.05, 0) is 36.4 Å². The highest BCUT2D eigenvalue weighted by molar-refractivity contribution is 5.96. The van der Waals surface area contributed by atoms with Crippen LogP contribution in [-0.4, -0.2) is 18.2 Å². The normalized spacial score (nSPS) is 10.7. The second-order valence-electron chi connectivity index (χ2n) is 6.35. The summed E-state index contributed by atoms with van der Waals surface area (Å²) in [5.74, 6) is 11.8. The summed E-state index contributed by atoms with van der Waals surface area (Å²) >= 11 is 0. The zero-order valence-corrected chi connectivity index (χ0v) is 16.4. The first-order valence-electron chi connectivity index (χ1n) is 9.08. The lowest BCUT2D eigenvalue weighted by atomic mass is 10.1. The number of anilines is 1. The predicted molar refractivity (Wildman–Crippen MR) is 118 cm³/mol. The van der Waals surface area contributed by atoms with Crippen LogP contribution in [0.1, 0.15) is 27.0 Å². The van der Waals surface area contributed by atoms with Crippen LogP contribution in [-0.2, 0) is 0 Å². The maximum Gasteiger partial charge on any atom is 0.337 e. The highest BCUT2D eigenvalue weighted by atomic mass is 16.5. The lowest BCUT2D eigenvalue weighted by Crippen LogP contribution is -2.28. The number of carbonyl (C=O) groups is 1. The van der Waals surface area contributed by atoms with Gasteiger partial charge in [0.2, 0.25) is 0 Å². The fraction of sp³-hybridized carbons (Fsp3) is 0.0417. The Balaban J connectivity index is 2.04. The zero-order chi connectivity index (χ0) is 21.5. The highest BCUT2D eigenvalue weighted by Gasteiger charge is 2.17. The molecule has 0 heterocycles. The van der Waals surface area contributed by atoms with Crippen molar-refractivity contribution in [1.29, 1.82) is 0 Å². The van der Waals surface area contributed by atoms with Crippen LogP contribution in [0.25, 0.3) is 5.70 Å². The van der Waals surface area contributed by atoms with E-state index in [0.717, 1.165) is 5.56 Å². The molecule has 3 aromatic rings. The van der Waals surface area contributed by atoms with E-state index in [1.54, 1.807) is 43.5 Å².